The summed E-state index contributed by atoms with van der Waals surface area (Å²) in [7, 11) is 1.25. The fraction of sp³-hybridized carbons (Fsp3) is 0.115. The standard InChI is InChI=1S/C26H20ClFN2O4/c1-15-11-18(34-30-15)12-25(31)29-24-14-22(27)20(13-21(24)26(32)33-2)17-9-7-16(8-10-17)19-5-3-4-6-23(19)28/h3-11,13-14H,12H2,1-2H3,(H,29,31). The molecule has 3 aromatic carbocycles. The third-order valence-corrected chi connectivity index (χ3v) is 5.49. The molecule has 1 amide bonds. The van der Waals surface area contributed by atoms with E-state index in [9.17, 15) is 14.0 Å². The van der Waals surface area contributed by atoms with Crippen LogP contribution in [0.15, 0.2) is 71.3 Å². The van der Waals surface area contributed by atoms with Gasteiger partial charge in [0.1, 0.15) is 11.6 Å². The summed E-state index contributed by atoms with van der Waals surface area (Å²) in [6.07, 6.45) is -0.0572. The van der Waals surface area contributed by atoms with Crippen LogP contribution in [0, 0.1) is 12.7 Å². The Labute approximate surface area is 200 Å². The summed E-state index contributed by atoms with van der Waals surface area (Å²) in [5, 5.41) is 6.76. The van der Waals surface area contributed by atoms with Crippen molar-refractivity contribution in [3.63, 3.8) is 0 Å². The number of nitrogens with one attached hydrogen (secondary N) is 1. The number of methoxy groups -OCH3 is 1. The Balaban J connectivity index is 1.64. The maximum atomic E-state index is 14.1. The number of carbonyl (C=O) groups excluding carboxylic acids is 2. The van der Waals surface area contributed by atoms with E-state index < -0.39 is 11.9 Å². The molecule has 0 spiro atoms. The average Bonchev–Trinajstić information content (AvgIpc) is 3.23. The van der Waals surface area contributed by atoms with E-state index in [0.717, 1.165) is 0 Å². The Bertz CT molecular complexity index is 1370. The van der Waals surface area contributed by atoms with Gasteiger partial charge in [-0.05, 0) is 36.2 Å². The second kappa shape index (κ2) is 9.89. The van der Waals surface area contributed by atoms with Gasteiger partial charge in [0.15, 0.2) is 0 Å². The van der Waals surface area contributed by atoms with Crippen molar-refractivity contribution in [2.45, 2.75) is 13.3 Å². The maximum absolute atomic E-state index is 14.1. The van der Waals surface area contributed by atoms with E-state index >= 15 is 0 Å². The molecule has 0 bridgehead atoms. The van der Waals surface area contributed by atoms with Crippen LogP contribution in [0.3, 0.4) is 0 Å². The number of hydrogen-bond donors (Lipinski definition) is 1. The number of halogens is 2. The van der Waals surface area contributed by atoms with Crippen LogP contribution < -0.4 is 5.32 Å². The summed E-state index contributed by atoms with van der Waals surface area (Å²) < 4.78 is 24.1. The molecule has 0 radical (unpaired) electrons. The SMILES string of the molecule is COC(=O)c1cc(-c2ccc(-c3ccccc3F)cc2)c(Cl)cc1NC(=O)Cc1cc(C)no1. The maximum Gasteiger partial charge on any atom is 0.339 e. The van der Waals surface area contributed by atoms with Crippen LogP contribution in [-0.4, -0.2) is 24.1 Å². The quantitative estimate of drug-likeness (QED) is 0.340. The fourth-order valence-electron chi connectivity index (χ4n) is 3.55. The fourth-order valence-corrected chi connectivity index (χ4v) is 3.83. The number of rotatable bonds is 6. The van der Waals surface area contributed by atoms with E-state index in [1.54, 1.807) is 61.5 Å². The first-order valence-corrected chi connectivity index (χ1v) is 10.7. The Morgan fingerprint density at radius 1 is 1.03 bits per heavy atom. The molecule has 172 valence electrons. The highest BCUT2D eigenvalue weighted by Gasteiger charge is 2.19. The van der Waals surface area contributed by atoms with Crippen LogP contribution in [0.2, 0.25) is 5.02 Å². The van der Waals surface area contributed by atoms with Gasteiger partial charge < -0.3 is 14.6 Å². The molecule has 8 heteroatoms. The van der Waals surface area contributed by atoms with Gasteiger partial charge in [0.25, 0.3) is 0 Å². The molecule has 4 rings (SSSR count). The molecule has 1 heterocycles. The molecule has 0 atom stereocenters. The molecule has 6 nitrogen and oxygen atoms in total. The zero-order valence-electron chi connectivity index (χ0n) is 18.4. The summed E-state index contributed by atoms with van der Waals surface area (Å²) in [5.41, 5.74) is 3.47. The van der Waals surface area contributed by atoms with Crippen LogP contribution >= 0.6 is 11.6 Å². The van der Waals surface area contributed by atoms with Crippen molar-refractivity contribution in [2.24, 2.45) is 0 Å². The normalized spacial score (nSPS) is 10.7. The van der Waals surface area contributed by atoms with Crippen LogP contribution in [-0.2, 0) is 16.0 Å². The Kier molecular flexibility index (Phi) is 6.75. The number of hydrogen-bond acceptors (Lipinski definition) is 5. The Morgan fingerprint density at radius 2 is 1.71 bits per heavy atom. The molecule has 1 aromatic heterocycles. The number of nitrogens with zero attached hydrogens (tertiary/aromatic N) is 1. The van der Waals surface area contributed by atoms with Gasteiger partial charge in [-0.15, -0.1) is 0 Å². The van der Waals surface area contributed by atoms with E-state index in [0.29, 0.717) is 38.7 Å². The van der Waals surface area contributed by atoms with E-state index in [1.807, 2.05) is 0 Å². The molecular formula is C26H20ClFN2O4. The van der Waals surface area contributed by atoms with Gasteiger partial charge in [-0.1, -0.05) is 59.2 Å². The van der Waals surface area contributed by atoms with Crippen LogP contribution in [0.1, 0.15) is 21.8 Å². The van der Waals surface area contributed by atoms with Crippen molar-refractivity contribution in [1.82, 2.24) is 5.16 Å². The number of carbonyl (C=O) groups is 2. The highest BCUT2D eigenvalue weighted by atomic mass is 35.5. The second-order valence-electron chi connectivity index (χ2n) is 7.59. The van der Waals surface area contributed by atoms with Gasteiger partial charge >= 0.3 is 5.97 Å². The molecule has 0 aliphatic rings. The lowest BCUT2D eigenvalue weighted by molar-refractivity contribution is -0.115. The topological polar surface area (TPSA) is 81.4 Å². The number of amides is 1. The lowest BCUT2D eigenvalue weighted by Crippen LogP contribution is -2.17. The average molecular weight is 479 g/mol. The lowest BCUT2D eigenvalue weighted by atomic mass is 9.98. The van der Waals surface area contributed by atoms with Gasteiger partial charge in [-0.25, -0.2) is 9.18 Å². The van der Waals surface area contributed by atoms with Gasteiger partial charge in [0.2, 0.25) is 5.91 Å². The summed E-state index contributed by atoms with van der Waals surface area (Å²) in [6, 6.07) is 18.3. The molecule has 0 unspecified atom stereocenters. The highest BCUT2D eigenvalue weighted by Crippen LogP contribution is 2.35. The highest BCUT2D eigenvalue weighted by molar-refractivity contribution is 6.34. The number of aryl methyl sites for hydroxylation is 1. The molecule has 1 N–H and O–H groups in total. The minimum Gasteiger partial charge on any atom is -0.465 e. The Morgan fingerprint density at radius 3 is 2.32 bits per heavy atom. The van der Waals surface area contributed by atoms with E-state index in [-0.39, 0.29) is 23.5 Å². The van der Waals surface area contributed by atoms with Crippen molar-refractivity contribution in [1.29, 1.82) is 0 Å². The minimum absolute atomic E-state index is 0.0572. The first-order chi connectivity index (χ1) is 16.4. The molecule has 0 aliphatic heterocycles. The number of esters is 1. The van der Waals surface area contributed by atoms with Gasteiger partial charge in [0.05, 0.1) is 35.5 Å². The van der Waals surface area contributed by atoms with E-state index in [4.69, 9.17) is 20.9 Å². The second-order valence-corrected chi connectivity index (χ2v) is 7.99. The zero-order chi connectivity index (χ0) is 24.2. The lowest BCUT2D eigenvalue weighted by Gasteiger charge is -2.14. The smallest absolute Gasteiger partial charge is 0.339 e. The largest absolute Gasteiger partial charge is 0.465 e. The molecule has 0 saturated carbocycles. The van der Waals surface area contributed by atoms with Crippen LogP contribution in [0.25, 0.3) is 22.3 Å². The predicted octanol–water partition coefficient (Wildman–Crippen LogP) is 6.08. The van der Waals surface area contributed by atoms with E-state index in [1.165, 1.54) is 19.2 Å². The number of anilines is 1. The summed E-state index contributed by atoms with van der Waals surface area (Å²) in [6.45, 7) is 1.75. The number of ether oxygens (including phenoxy) is 1. The Hall–Kier alpha value is -3.97. The monoisotopic (exact) mass is 478 g/mol. The van der Waals surface area contributed by atoms with Crippen LogP contribution in [0.5, 0.6) is 0 Å². The van der Waals surface area contributed by atoms with E-state index in [2.05, 4.69) is 10.5 Å². The molecule has 34 heavy (non-hydrogen) atoms. The van der Waals surface area contributed by atoms with Crippen LogP contribution in [0.4, 0.5) is 10.1 Å². The van der Waals surface area contributed by atoms with Gasteiger partial charge in [-0.3, -0.25) is 4.79 Å². The predicted molar refractivity (Wildman–Crippen MR) is 127 cm³/mol. The van der Waals surface area contributed by atoms with Crippen molar-refractivity contribution in [3.05, 3.63) is 94.6 Å². The zero-order valence-corrected chi connectivity index (χ0v) is 19.2. The first-order valence-electron chi connectivity index (χ1n) is 10.3. The van der Waals surface area contributed by atoms with Crippen molar-refractivity contribution < 1.29 is 23.2 Å². The third kappa shape index (κ3) is 5.00. The molecular weight excluding hydrogens is 459 g/mol. The van der Waals surface area contributed by atoms with Crippen molar-refractivity contribution in [3.8, 4) is 22.3 Å². The third-order valence-electron chi connectivity index (χ3n) is 5.18. The molecule has 0 saturated heterocycles. The molecule has 4 aromatic rings. The summed E-state index contributed by atoms with van der Waals surface area (Å²) in [4.78, 5) is 25.0. The summed E-state index contributed by atoms with van der Waals surface area (Å²) >= 11 is 6.52. The molecule has 0 aliphatic carbocycles. The minimum atomic E-state index is -0.633. The number of aromatic nitrogens is 1. The van der Waals surface area contributed by atoms with Gasteiger partial charge in [-0.2, -0.15) is 0 Å². The molecule has 0 fully saturated rings. The van der Waals surface area contributed by atoms with Crippen molar-refractivity contribution >= 4 is 29.2 Å². The van der Waals surface area contributed by atoms with Gasteiger partial charge in [0, 0.05) is 17.2 Å². The first kappa shape index (κ1) is 23.2. The summed E-state index contributed by atoms with van der Waals surface area (Å²) in [5.74, 6) is -0.958. The van der Waals surface area contributed by atoms with Crippen molar-refractivity contribution in [2.75, 3.05) is 12.4 Å². The number of benzene rings is 3.